The number of nitrogens with zero attached hydrogens (tertiary/aromatic N) is 3. The molecule has 2 aliphatic rings. The number of rotatable bonds is 3. The molecule has 1 saturated heterocycles. The van der Waals surface area contributed by atoms with E-state index in [0.29, 0.717) is 30.2 Å². The summed E-state index contributed by atoms with van der Waals surface area (Å²) in [5.74, 6) is 0.387. The zero-order valence-electron chi connectivity index (χ0n) is 11.5. The van der Waals surface area contributed by atoms with Crippen molar-refractivity contribution >= 4 is 21.4 Å². The first-order valence-corrected chi connectivity index (χ1v) is 7.97. The third-order valence-electron chi connectivity index (χ3n) is 3.60. The van der Waals surface area contributed by atoms with E-state index in [1.54, 1.807) is 6.07 Å². The van der Waals surface area contributed by atoms with Crippen LogP contribution in [0.25, 0.3) is 0 Å². The molecule has 1 aromatic rings. The Labute approximate surface area is 127 Å². The minimum atomic E-state index is -3.48. The molecular weight excluding hydrogens is 310 g/mol. The van der Waals surface area contributed by atoms with E-state index in [-0.39, 0.29) is 12.2 Å². The fourth-order valence-electron chi connectivity index (χ4n) is 2.46. The van der Waals surface area contributed by atoms with Crippen LogP contribution < -0.4 is 9.64 Å². The quantitative estimate of drug-likeness (QED) is 0.617. The van der Waals surface area contributed by atoms with E-state index in [9.17, 15) is 18.5 Å². The molecule has 0 spiro atoms. The summed E-state index contributed by atoms with van der Waals surface area (Å²) in [6.07, 6.45) is 1.43. The molecule has 0 N–H and O–H groups in total. The van der Waals surface area contributed by atoms with E-state index >= 15 is 0 Å². The molecule has 0 radical (unpaired) electrons. The third-order valence-corrected chi connectivity index (χ3v) is 5.05. The van der Waals surface area contributed by atoms with Crippen molar-refractivity contribution in [1.82, 2.24) is 4.31 Å². The molecule has 0 unspecified atom stereocenters. The van der Waals surface area contributed by atoms with E-state index in [2.05, 4.69) is 6.58 Å². The smallest absolute Gasteiger partial charge is 0.273 e. The predicted molar refractivity (Wildman–Crippen MR) is 79.8 cm³/mol. The van der Waals surface area contributed by atoms with Gasteiger partial charge in [0.1, 0.15) is 6.26 Å². The molecule has 1 fully saturated rings. The highest BCUT2D eigenvalue weighted by Gasteiger charge is 2.32. The number of sulfonamides is 1. The second-order valence-corrected chi connectivity index (χ2v) is 6.71. The zero-order valence-corrected chi connectivity index (χ0v) is 12.3. The Hall–Kier alpha value is -2.39. The molecular formula is C13H13N3O5S. The normalized spacial score (nSPS) is 17.8. The second kappa shape index (κ2) is 5.11. The van der Waals surface area contributed by atoms with Crippen molar-refractivity contribution < 1.29 is 18.1 Å². The lowest BCUT2D eigenvalue weighted by Gasteiger charge is -2.39. The van der Waals surface area contributed by atoms with Gasteiger partial charge < -0.3 is 9.64 Å². The van der Waals surface area contributed by atoms with Crippen molar-refractivity contribution in [2.45, 2.75) is 0 Å². The second-order valence-electron chi connectivity index (χ2n) is 4.83. The topological polar surface area (TPSA) is 93.0 Å². The van der Waals surface area contributed by atoms with Crippen LogP contribution in [0.3, 0.4) is 0 Å². The summed E-state index contributed by atoms with van der Waals surface area (Å²) >= 11 is 0. The lowest BCUT2D eigenvalue weighted by molar-refractivity contribution is -0.384. The van der Waals surface area contributed by atoms with Crippen LogP contribution in [0, 0.1) is 10.1 Å². The molecule has 9 heteroatoms. The van der Waals surface area contributed by atoms with Crippen LogP contribution in [-0.4, -0.2) is 37.3 Å². The average Bonchev–Trinajstić information content (AvgIpc) is 2.53. The van der Waals surface area contributed by atoms with Gasteiger partial charge in [-0.3, -0.25) is 10.1 Å². The van der Waals surface area contributed by atoms with Gasteiger partial charge in [0, 0.05) is 24.6 Å². The van der Waals surface area contributed by atoms with E-state index in [1.807, 2.05) is 4.90 Å². The molecule has 0 saturated carbocycles. The summed E-state index contributed by atoms with van der Waals surface area (Å²) in [5.41, 5.74) is 1.32. The Morgan fingerprint density at radius 3 is 2.82 bits per heavy atom. The number of ether oxygens (including phenoxy) is 1. The average molecular weight is 323 g/mol. The van der Waals surface area contributed by atoms with Crippen LogP contribution in [0.4, 0.5) is 11.4 Å². The summed E-state index contributed by atoms with van der Waals surface area (Å²) < 4.78 is 30.4. The van der Waals surface area contributed by atoms with E-state index in [1.165, 1.54) is 22.7 Å². The number of hydrogen-bond acceptors (Lipinski definition) is 6. The van der Waals surface area contributed by atoms with Gasteiger partial charge >= 0.3 is 0 Å². The predicted octanol–water partition coefficient (Wildman–Crippen LogP) is 1.42. The molecule has 1 aromatic carbocycles. The molecule has 2 aliphatic heterocycles. The van der Waals surface area contributed by atoms with Crippen molar-refractivity contribution in [3.63, 3.8) is 0 Å². The Morgan fingerprint density at radius 1 is 1.36 bits per heavy atom. The summed E-state index contributed by atoms with van der Waals surface area (Å²) in [6, 6.07) is 4.37. The van der Waals surface area contributed by atoms with Gasteiger partial charge in [-0.15, -0.1) is 0 Å². The van der Waals surface area contributed by atoms with Gasteiger partial charge in [0.05, 0.1) is 28.9 Å². The highest BCUT2D eigenvalue weighted by molar-refractivity contribution is 7.92. The molecule has 22 heavy (non-hydrogen) atoms. The number of hydrogen-bond donors (Lipinski definition) is 0. The summed E-state index contributed by atoms with van der Waals surface area (Å²) in [4.78, 5) is 12.2. The Kier molecular flexibility index (Phi) is 3.38. The van der Waals surface area contributed by atoms with Crippen molar-refractivity contribution in [3.8, 4) is 5.75 Å². The van der Waals surface area contributed by atoms with Crippen LogP contribution in [0.5, 0.6) is 5.75 Å². The summed E-state index contributed by atoms with van der Waals surface area (Å²) in [6.45, 7) is 4.23. The Balaban J connectivity index is 1.90. The van der Waals surface area contributed by atoms with Gasteiger partial charge in [-0.2, -0.15) is 4.31 Å². The molecule has 0 aliphatic carbocycles. The maximum Gasteiger partial charge on any atom is 0.273 e. The molecule has 0 aromatic heterocycles. The number of anilines is 1. The number of fused-ring (bicyclic) bond motifs is 3. The van der Waals surface area contributed by atoms with Gasteiger partial charge in [-0.1, -0.05) is 6.58 Å². The molecule has 116 valence electrons. The minimum absolute atomic E-state index is 0.0523. The van der Waals surface area contributed by atoms with Gasteiger partial charge in [0.25, 0.3) is 5.69 Å². The number of non-ortho nitro benzene ring substituents is 1. The van der Waals surface area contributed by atoms with Gasteiger partial charge in [-0.05, 0) is 6.07 Å². The highest BCUT2D eigenvalue weighted by Crippen LogP contribution is 2.38. The van der Waals surface area contributed by atoms with Gasteiger partial charge in [0.15, 0.2) is 5.75 Å². The minimum Gasteiger partial charge on any atom is -0.461 e. The standard InChI is InChI=1S/C13H13N3O5S/c1-2-22(19,20)14-5-6-15-11(8-14)9-21-13-7-10(16(17)18)3-4-12(13)15/h2-4,7,9H,1,5-6,8H2. The van der Waals surface area contributed by atoms with E-state index in [0.717, 1.165) is 5.41 Å². The summed E-state index contributed by atoms with van der Waals surface area (Å²) in [7, 11) is -3.48. The van der Waals surface area contributed by atoms with E-state index in [4.69, 9.17) is 4.74 Å². The SMILES string of the molecule is C=CS(=O)(=O)N1CCN2C(=COc3cc([N+](=O)[O-])ccc32)C1. The molecule has 3 rings (SSSR count). The van der Waals surface area contributed by atoms with Crippen molar-refractivity contribution in [1.29, 1.82) is 0 Å². The van der Waals surface area contributed by atoms with Crippen LogP contribution >= 0.6 is 0 Å². The van der Waals surface area contributed by atoms with Crippen molar-refractivity contribution in [3.05, 3.63) is 52.3 Å². The first kappa shape index (κ1) is 14.5. The fourth-order valence-corrected chi connectivity index (χ4v) is 3.32. The lowest BCUT2D eigenvalue weighted by Crippen LogP contribution is -2.47. The lowest BCUT2D eigenvalue weighted by atomic mass is 10.2. The van der Waals surface area contributed by atoms with Crippen LogP contribution in [-0.2, 0) is 10.0 Å². The Bertz CT molecular complexity index is 787. The van der Waals surface area contributed by atoms with Crippen LogP contribution in [0.2, 0.25) is 0 Å². The highest BCUT2D eigenvalue weighted by atomic mass is 32.2. The maximum atomic E-state index is 11.8. The zero-order chi connectivity index (χ0) is 15.9. The first-order chi connectivity index (χ1) is 10.4. The third kappa shape index (κ3) is 2.34. The van der Waals surface area contributed by atoms with E-state index < -0.39 is 14.9 Å². The molecule has 0 atom stereocenters. The summed E-state index contributed by atoms with van der Waals surface area (Å²) in [5, 5.41) is 11.7. The van der Waals surface area contributed by atoms with Crippen molar-refractivity contribution in [2.75, 3.05) is 24.5 Å². The van der Waals surface area contributed by atoms with Crippen LogP contribution in [0.1, 0.15) is 0 Å². The Morgan fingerprint density at radius 2 is 2.14 bits per heavy atom. The van der Waals surface area contributed by atoms with Gasteiger partial charge in [-0.25, -0.2) is 8.42 Å². The number of benzene rings is 1. The monoisotopic (exact) mass is 323 g/mol. The molecule has 2 heterocycles. The van der Waals surface area contributed by atoms with Crippen LogP contribution in [0.15, 0.2) is 42.1 Å². The first-order valence-electron chi connectivity index (χ1n) is 6.46. The maximum absolute atomic E-state index is 11.8. The van der Waals surface area contributed by atoms with Gasteiger partial charge in [0.2, 0.25) is 10.0 Å². The molecule has 0 amide bonds. The molecule has 8 nitrogen and oxygen atoms in total. The van der Waals surface area contributed by atoms with Crippen molar-refractivity contribution in [2.24, 2.45) is 0 Å². The molecule has 0 bridgehead atoms. The largest absolute Gasteiger partial charge is 0.461 e. The number of nitro groups is 1. The number of nitro benzene ring substituents is 1. The number of piperazine rings is 1. The fraction of sp³-hybridized carbons (Fsp3) is 0.231.